The summed E-state index contributed by atoms with van der Waals surface area (Å²) in [6.45, 7) is 0. The average molecular weight is 539 g/mol. The molecule has 200 valence electrons. The summed E-state index contributed by atoms with van der Waals surface area (Å²) in [5.74, 6) is 0.337. The average Bonchev–Trinajstić information content (AvgIpc) is 3.57. The van der Waals surface area contributed by atoms with Crippen LogP contribution in [-0.2, 0) is 12.8 Å². The normalized spacial score (nSPS) is 15.9. The second-order valence-electron chi connectivity index (χ2n) is 11.6. The van der Waals surface area contributed by atoms with Gasteiger partial charge in [-0.2, -0.15) is 0 Å². The third kappa shape index (κ3) is 3.45. The Morgan fingerprint density at radius 2 is 1.33 bits per heavy atom. The second-order valence-corrected chi connectivity index (χ2v) is 11.6. The fraction of sp³-hybridized carbons (Fsp3) is 0.100. The number of nitrogens with zero attached hydrogens (tertiary/aromatic N) is 2. The number of aryl methyl sites for hydroxylation is 1. The highest BCUT2D eigenvalue weighted by Crippen LogP contribution is 2.41. The molecule has 1 atom stereocenters. The number of hydrogen-bond donors (Lipinski definition) is 0. The maximum atomic E-state index is 2.48. The van der Waals surface area contributed by atoms with Gasteiger partial charge in [0, 0.05) is 39.2 Å². The van der Waals surface area contributed by atoms with Crippen molar-refractivity contribution in [2.24, 2.45) is 0 Å². The number of rotatable bonds is 3. The fourth-order valence-corrected chi connectivity index (χ4v) is 7.44. The summed E-state index contributed by atoms with van der Waals surface area (Å²) in [5.41, 5.74) is 12.0. The van der Waals surface area contributed by atoms with Crippen molar-refractivity contribution in [3.05, 3.63) is 155 Å². The molecule has 0 aliphatic heterocycles. The van der Waals surface area contributed by atoms with E-state index in [1.54, 1.807) is 0 Å². The number of aromatic nitrogens is 2. The minimum Gasteiger partial charge on any atom is -0.310 e. The zero-order valence-corrected chi connectivity index (χ0v) is 23.4. The second kappa shape index (κ2) is 9.22. The summed E-state index contributed by atoms with van der Waals surface area (Å²) in [5, 5.41) is 5.31. The van der Waals surface area contributed by atoms with E-state index in [1.807, 2.05) is 0 Å². The molecule has 2 nitrogen and oxygen atoms in total. The fourth-order valence-electron chi connectivity index (χ4n) is 7.44. The van der Waals surface area contributed by atoms with E-state index in [0.29, 0.717) is 5.92 Å². The van der Waals surface area contributed by atoms with E-state index < -0.39 is 0 Å². The molecule has 0 fully saturated rings. The first-order valence-corrected chi connectivity index (χ1v) is 15.0. The number of benzene rings is 5. The van der Waals surface area contributed by atoms with Crippen molar-refractivity contribution in [1.82, 2.24) is 9.13 Å². The molecule has 7 aromatic rings. The molecular formula is C40H30N2. The number of para-hydroxylation sites is 2. The van der Waals surface area contributed by atoms with E-state index in [-0.39, 0.29) is 0 Å². The van der Waals surface area contributed by atoms with Crippen LogP contribution in [0.2, 0.25) is 0 Å². The number of hydrogen-bond acceptors (Lipinski definition) is 0. The predicted octanol–water partition coefficient (Wildman–Crippen LogP) is 10.0. The summed E-state index contributed by atoms with van der Waals surface area (Å²) in [4.78, 5) is 0. The summed E-state index contributed by atoms with van der Waals surface area (Å²) in [6.07, 6.45) is 12.6. The van der Waals surface area contributed by atoms with Crippen LogP contribution in [0.25, 0.3) is 56.1 Å². The maximum absolute atomic E-state index is 2.48. The molecule has 1 unspecified atom stereocenters. The van der Waals surface area contributed by atoms with E-state index in [4.69, 9.17) is 0 Å². The lowest BCUT2D eigenvalue weighted by Crippen LogP contribution is -2.07. The van der Waals surface area contributed by atoms with E-state index in [1.165, 1.54) is 72.0 Å². The Morgan fingerprint density at radius 3 is 2.26 bits per heavy atom. The van der Waals surface area contributed by atoms with Gasteiger partial charge in [0.15, 0.2) is 0 Å². The first-order chi connectivity index (χ1) is 20.8. The van der Waals surface area contributed by atoms with Crippen LogP contribution >= 0.6 is 0 Å². The molecule has 2 aliphatic rings. The predicted molar refractivity (Wildman–Crippen MR) is 177 cm³/mol. The Kier molecular flexibility index (Phi) is 5.18. The van der Waals surface area contributed by atoms with E-state index in [9.17, 15) is 0 Å². The molecule has 0 saturated carbocycles. The van der Waals surface area contributed by atoms with Crippen LogP contribution in [0.1, 0.15) is 40.4 Å². The van der Waals surface area contributed by atoms with E-state index in [2.05, 4.69) is 149 Å². The molecule has 0 amide bonds. The van der Waals surface area contributed by atoms with Gasteiger partial charge in [-0.15, -0.1) is 0 Å². The van der Waals surface area contributed by atoms with Crippen LogP contribution in [-0.4, -0.2) is 9.13 Å². The van der Waals surface area contributed by atoms with Gasteiger partial charge in [-0.3, -0.25) is 0 Å². The van der Waals surface area contributed by atoms with Gasteiger partial charge in [0.1, 0.15) is 0 Å². The summed E-state index contributed by atoms with van der Waals surface area (Å²) >= 11 is 0. The molecule has 2 aromatic heterocycles. The van der Waals surface area contributed by atoms with Gasteiger partial charge < -0.3 is 9.13 Å². The van der Waals surface area contributed by atoms with Crippen molar-refractivity contribution in [1.29, 1.82) is 0 Å². The molecule has 9 rings (SSSR count). The van der Waals surface area contributed by atoms with Crippen molar-refractivity contribution in [2.75, 3.05) is 0 Å². The van der Waals surface area contributed by atoms with Gasteiger partial charge in [0.2, 0.25) is 0 Å². The summed E-state index contributed by atoms with van der Waals surface area (Å²) in [7, 11) is 0. The molecule has 0 saturated heterocycles. The van der Waals surface area contributed by atoms with Crippen LogP contribution in [0.3, 0.4) is 0 Å². The highest BCUT2D eigenvalue weighted by Gasteiger charge is 2.25. The zero-order chi connectivity index (χ0) is 27.6. The Bertz CT molecular complexity index is 2220. The molecule has 2 aliphatic carbocycles. The first kappa shape index (κ1) is 23.6. The lowest BCUT2D eigenvalue weighted by atomic mass is 9.86. The van der Waals surface area contributed by atoms with Crippen molar-refractivity contribution in [3.8, 4) is 11.4 Å². The molecule has 0 N–H and O–H groups in total. The quantitative estimate of drug-likeness (QED) is 0.212. The summed E-state index contributed by atoms with van der Waals surface area (Å²) < 4.78 is 4.92. The largest absolute Gasteiger partial charge is 0.310 e. The standard InChI is InChI=1S/C40H30N2/c1-2-13-30(14-3-1)41-37-18-8-6-16-32(37)34-25-28(21-23-39(34)41)29-22-24-40-35(26-29)33-17-7-9-19-38(33)42(40)36-20-10-12-27-11-4-5-15-31(27)36/h1-5,7-15,17-25,29H,6,16,26H2. The van der Waals surface area contributed by atoms with Gasteiger partial charge in [0.25, 0.3) is 0 Å². The molecule has 0 radical (unpaired) electrons. The minimum atomic E-state index is 0.337. The van der Waals surface area contributed by atoms with Gasteiger partial charge in [-0.25, -0.2) is 0 Å². The number of fused-ring (bicyclic) bond motifs is 7. The van der Waals surface area contributed by atoms with Crippen molar-refractivity contribution in [3.63, 3.8) is 0 Å². The monoisotopic (exact) mass is 538 g/mol. The van der Waals surface area contributed by atoms with Gasteiger partial charge in [0.05, 0.1) is 16.7 Å². The maximum Gasteiger partial charge on any atom is 0.0540 e. The highest BCUT2D eigenvalue weighted by molar-refractivity contribution is 5.97. The molecule has 5 aromatic carbocycles. The third-order valence-corrected chi connectivity index (χ3v) is 9.35. The lowest BCUT2D eigenvalue weighted by molar-refractivity contribution is 0.827. The van der Waals surface area contributed by atoms with Crippen LogP contribution in [0.4, 0.5) is 0 Å². The Hall–Kier alpha value is -5.08. The molecule has 2 heterocycles. The smallest absolute Gasteiger partial charge is 0.0540 e. The lowest BCUT2D eigenvalue weighted by Gasteiger charge is -2.20. The molecular weight excluding hydrogens is 508 g/mol. The van der Waals surface area contributed by atoms with Gasteiger partial charge >= 0.3 is 0 Å². The Balaban J connectivity index is 1.19. The minimum absolute atomic E-state index is 0.337. The van der Waals surface area contributed by atoms with E-state index >= 15 is 0 Å². The van der Waals surface area contributed by atoms with Crippen molar-refractivity contribution >= 4 is 44.7 Å². The number of allylic oxidation sites excluding steroid dienone is 2. The topological polar surface area (TPSA) is 9.86 Å². The van der Waals surface area contributed by atoms with Crippen LogP contribution in [0, 0.1) is 0 Å². The molecule has 2 heteroatoms. The zero-order valence-electron chi connectivity index (χ0n) is 23.4. The third-order valence-electron chi connectivity index (χ3n) is 9.35. The first-order valence-electron chi connectivity index (χ1n) is 15.0. The Morgan fingerprint density at radius 1 is 0.571 bits per heavy atom. The molecule has 42 heavy (non-hydrogen) atoms. The highest BCUT2D eigenvalue weighted by atomic mass is 15.0. The van der Waals surface area contributed by atoms with Crippen molar-refractivity contribution in [2.45, 2.75) is 25.2 Å². The Labute approximate surface area is 245 Å². The molecule has 0 spiro atoms. The van der Waals surface area contributed by atoms with E-state index in [0.717, 1.165) is 19.3 Å². The SMILES string of the molecule is C1=Cc2c(c3cc(C4C=Cc5c(c6ccccc6n5-c5cccc6ccccc56)C4)ccc3n2-c2ccccc2)CC1. The van der Waals surface area contributed by atoms with Gasteiger partial charge in [-0.05, 0) is 89.9 Å². The van der Waals surface area contributed by atoms with Crippen molar-refractivity contribution < 1.29 is 0 Å². The molecule has 0 bridgehead atoms. The van der Waals surface area contributed by atoms with Crippen LogP contribution < -0.4 is 0 Å². The van der Waals surface area contributed by atoms with Crippen LogP contribution in [0.5, 0.6) is 0 Å². The van der Waals surface area contributed by atoms with Gasteiger partial charge in [-0.1, -0.05) is 91.0 Å². The summed E-state index contributed by atoms with van der Waals surface area (Å²) in [6, 6.07) is 42.3. The van der Waals surface area contributed by atoms with Crippen LogP contribution in [0.15, 0.2) is 127 Å².